The number of nitrogens with two attached hydrogens (primary N) is 1. The van der Waals surface area contributed by atoms with Crippen LogP contribution in [0.1, 0.15) is 4.88 Å². The van der Waals surface area contributed by atoms with Gasteiger partial charge in [-0.3, -0.25) is 0 Å². The summed E-state index contributed by atoms with van der Waals surface area (Å²) >= 11 is 1.55. The zero-order valence-electron chi connectivity index (χ0n) is 9.68. The smallest absolute Gasteiger partial charge is 0.187 e. The van der Waals surface area contributed by atoms with Gasteiger partial charge >= 0.3 is 0 Å². The highest BCUT2D eigenvalue weighted by molar-refractivity contribution is 7.15. The lowest BCUT2D eigenvalue weighted by Gasteiger charge is -2.18. The Morgan fingerprint density at radius 2 is 2.11 bits per heavy atom. The van der Waals surface area contributed by atoms with E-state index in [0.29, 0.717) is 19.8 Å². The maximum absolute atomic E-state index is 5.55. The fraction of sp³-hybridized carbons (Fsp3) is 0.250. The summed E-state index contributed by atoms with van der Waals surface area (Å²) in [6, 6.07) is 5.75. The molecule has 5 nitrogen and oxygen atoms in total. The Bertz CT molecular complexity index is 556. The van der Waals surface area contributed by atoms with Crippen molar-refractivity contribution in [1.82, 2.24) is 4.98 Å². The van der Waals surface area contributed by atoms with Crippen LogP contribution in [0.25, 0.3) is 0 Å². The molecule has 3 N–H and O–H groups in total. The molecule has 2 aromatic rings. The topological polar surface area (TPSA) is 69.4 Å². The van der Waals surface area contributed by atoms with Crippen molar-refractivity contribution in [3.8, 4) is 11.5 Å². The van der Waals surface area contributed by atoms with Gasteiger partial charge in [0, 0.05) is 29.4 Å². The van der Waals surface area contributed by atoms with Gasteiger partial charge in [-0.25, -0.2) is 4.98 Å². The van der Waals surface area contributed by atoms with E-state index in [2.05, 4.69) is 10.3 Å². The van der Waals surface area contributed by atoms with Gasteiger partial charge in [-0.15, -0.1) is 11.3 Å². The number of hydrogen-bond acceptors (Lipinski definition) is 6. The summed E-state index contributed by atoms with van der Waals surface area (Å²) in [5.41, 5.74) is 6.48. The van der Waals surface area contributed by atoms with Crippen LogP contribution in [0.5, 0.6) is 11.5 Å². The standard InChI is InChI=1S/C12H13N3O2S/c13-6-9-7-14-12(18-9)15-8-1-2-10-11(5-8)17-4-3-16-10/h1-2,5,7H,3-4,6,13H2,(H,14,15). The highest BCUT2D eigenvalue weighted by Crippen LogP contribution is 2.34. The van der Waals surface area contributed by atoms with E-state index in [4.69, 9.17) is 15.2 Å². The van der Waals surface area contributed by atoms with E-state index >= 15 is 0 Å². The Morgan fingerprint density at radius 3 is 2.89 bits per heavy atom. The van der Waals surface area contributed by atoms with Crippen LogP contribution in [0.3, 0.4) is 0 Å². The summed E-state index contributed by atoms with van der Waals surface area (Å²) in [5, 5.41) is 4.05. The summed E-state index contributed by atoms with van der Waals surface area (Å²) in [6.07, 6.45) is 1.78. The van der Waals surface area contributed by atoms with Gasteiger partial charge in [0.15, 0.2) is 16.6 Å². The third-order valence-electron chi connectivity index (χ3n) is 2.55. The number of ether oxygens (including phenoxy) is 2. The largest absolute Gasteiger partial charge is 0.486 e. The first-order chi connectivity index (χ1) is 8.85. The molecule has 0 spiro atoms. The number of benzene rings is 1. The van der Waals surface area contributed by atoms with Crippen LogP contribution in [-0.4, -0.2) is 18.2 Å². The second-order valence-electron chi connectivity index (χ2n) is 3.82. The van der Waals surface area contributed by atoms with Gasteiger partial charge in [-0.2, -0.15) is 0 Å². The maximum Gasteiger partial charge on any atom is 0.187 e. The van der Waals surface area contributed by atoms with E-state index in [-0.39, 0.29) is 0 Å². The van der Waals surface area contributed by atoms with Gasteiger partial charge in [-0.05, 0) is 12.1 Å². The maximum atomic E-state index is 5.55. The fourth-order valence-electron chi connectivity index (χ4n) is 1.70. The second-order valence-corrected chi connectivity index (χ2v) is 4.93. The van der Waals surface area contributed by atoms with E-state index < -0.39 is 0 Å². The number of anilines is 2. The molecule has 94 valence electrons. The summed E-state index contributed by atoms with van der Waals surface area (Å²) in [4.78, 5) is 5.30. The lowest BCUT2D eigenvalue weighted by molar-refractivity contribution is 0.171. The Morgan fingerprint density at radius 1 is 1.28 bits per heavy atom. The summed E-state index contributed by atoms with van der Waals surface area (Å²) < 4.78 is 11.0. The summed E-state index contributed by atoms with van der Waals surface area (Å²) in [5.74, 6) is 1.55. The fourth-order valence-corrected chi connectivity index (χ4v) is 2.42. The van der Waals surface area contributed by atoms with Gasteiger partial charge in [0.2, 0.25) is 0 Å². The minimum Gasteiger partial charge on any atom is -0.486 e. The molecule has 0 saturated carbocycles. The first-order valence-corrected chi connectivity index (χ1v) is 6.48. The Hall–Kier alpha value is -1.79. The third-order valence-corrected chi connectivity index (χ3v) is 3.48. The van der Waals surface area contributed by atoms with Crippen molar-refractivity contribution >= 4 is 22.2 Å². The molecule has 1 aromatic heterocycles. The minimum absolute atomic E-state index is 0.514. The van der Waals surface area contributed by atoms with Crippen molar-refractivity contribution < 1.29 is 9.47 Å². The SMILES string of the molecule is NCc1cnc(Nc2ccc3c(c2)OCCO3)s1. The average Bonchev–Trinajstić information content (AvgIpc) is 2.86. The molecule has 2 heterocycles. The van der Waals surface area contributed by atoms with Crippen molar-refractivity contribution in [2.24, 2.45) is 5.73 Å². The van der Waals surface area contributed by atoms with Crippen LogP contribution in [0.15, 0.2) is 24.4 Å². The highest BCUT2D eigenvalue weighted by atomic mass is 32.1. The van der Waals surface area contributed by atoms with Gasteiger partial charge in [0.25, 0.3) is 0 Å². The summed E-state index contributed by atoms with van der Waals surface area (Å²) in [7, 11) is 0. The number of nitrogens with one attached hydrogen (secondary N) is 1. The van der Waals surface area contributed by atoms with Crippen LogP contribution in [0, 0.1) is 0 Å². The van der Waals surface area contributed by atoms with E-state index in [0.717, 1.165) is 27.2 Å². The molecule has 0 aliphatic carbocycles. The molecule has 0 radical (unpaired) electrons. The number of hydrogen-bond donors (Lipinski definition) is 2. The molecule has 0 saturated heterocycles. The zero-order chi connectivity index (χ0) is 12.4. The van der Waals surface area contributed by atoms with Gasteiger partial charge in [0.05, 0.1) is 0 Å². The zero-order valence-corrected chi connectivity index (χ0v) is 10.5. The minimum atomic E-state index is 0.514. The van der Waals surface area contributed by atoms with E-state index in [1.165, 1.54) is 0 Å². The number of aromatic nitrogens is 1. The molecule has 1 aliphatic heterocycles. The lowest BCUT2D eigenvalue weighted by Crippen LogP contribution is -2.15. The molecular weight excluding hydrogens is 250 g/mol. The molecule has 6 heteroatoms. The first-order valence-electron chi connectivity index (χ1n) is 5.66. The van der Waals surface area contributed by atoms with Crippen molar-refractivity contribution in [2.45, 2.75) is 6.54 Å². The van der Waals surface area contributed by atoms with Crippen LogP contribution in [0.2, 0.25) is 0 Å². The first kappa shape index (κ1) is 11.3. The normalized spacial score (nSPS) is 13.4. The van der Waals surface area contributed by atoms with Crippen LogP contribution in [0.4, 0.5) is 10.8 Å². The number of rotatable bonds is 3. The Labute approximate surface area is 109 Å². The van der Waals surface area contributed by atoms with Crippen LogP contribution < -0.4 is 20.5 Å². The number of nitrogens with zero attached hydrogens (tertiary/aromatic N) is 1. The predicted octanol–water partition coefficient (Wildman–Crippen LogP) is 2.12. The molecule has 3 rings (SSSR count). The Balaban J connectivity index is 1.80. The molecule has 1 aromatic carbocycles. The van der Waals surface area contributed by atoms with E-state index in [9.17, 15) is 0 Å². The van der Waals surface area contributed by atoms with Crippen molar-refractivity contribution in [3.63, 3.8) is 0 Å². The average molecular weight is 263 g/mol. The Kier molecular flexibility index (Phi) is 3.04. The molecule has 0 atom stereocenters. The summed E-state index contributed by atoms with van der Waals surface area (Å²) in [6.45, 7) is 1.71. The van der Waals surface area contributed by atoms with E-state index in [1.54, 1.807) is 17.5 Å². The molecular formula is C12H13N3O2S. The quantitative estimate of drug-likeness (QED) is 0.887. The molecule has 0 amide bonds. The molecule has 18 heavy (non-hydrogen) atoms. The highest BCUT2D eigenvalue weighted by Gasteiger charge is 2.12. The molecule has 0 fully saturated rings. The van der Waals surface area contributed by atoms with Gasteiger partial charge < -0.3 is 20.5 Å². The third kappa shape index (κ3) is 2.25. The van der Waals surface area contributed by atoms with E-state index in [1.807, 2.05) is 18.2 Å². The van der Waals surface area contributed by atoms with Crippen molar-refractivity contribution in [2.75, 3.05) is 18.5 Å². The van der Waals surface area contributed by atoms with Gasteiger partial charge in [0.1, 0.15) is 13.2 Å². The van der Waals surface area contributed by atoms with Crippen LogP contribution in [-0.2, 0) is 6.54 Å². The number of fused-ring (bicyclic) bond motifs is 1. The molecule has 0 bridgehead atoms. The molecule has 0 unspecified atom stereocenters. The predicted molar refractivity (Wildman–Crippen MR) is 70.7 cm³/mol. The van der Waals surface area contributed by atoms with Crippen molar-refractivity contribution in [3.05, 3.63) is 29.3 Å². The van der Waals surface area contributed by atoms with Crippen LogP contribution >= 0.6 is 11.3 Å². The second kappa shape index (κ2) is 4.83. The lowest BCUT2D eigenvalue weighted by atomic mass is 10.2. The van der Waals surface area contributed by atoms with Crippen molar-refractivity contribution in [1.29, 1.82) is 0 Å². The van der Waals surface area contributed by atoms with Gasteiger partial charge in [-0.1, -0.05) is 0 Å². The monoisotopic (exact) mass is 263 g/mol. The molecule has 1 aliphatic rings. The number of thiazole rings is 1.